The highest BCUT2D eigenvalue weighted by molar-refractivity contribution is 6.30. The van der Waals surface area contributed by atoms with Gasteiger partial charge in [0, 0.05) is 30.5 Å². The molecular formula is C13H11ClN4. The van der Waals surface area contributed by atoms with Crippen molar-refractivity contribution in [2.75, 3.05) is 11.4 Å². The minimum atomic E-state index is 0.591. The fraction of sp³-hybridized carbons (Fsp3) is 0.231. The van der Waals surface area contributed by atoms with E-state index in [-0.39, 0.29) is 0 Å². The first-order chi connectivity index (χ1) is 8.78. The van der Waals surface area contributed by atoms with Crippen LogP contribution in [0.25, 0.3) is 0 Å². The average Bonchev–Trinajstić information content (AvgIpc) is 2.85. The lowest BCUT2D eigenvalue weighted by Crippen LogP contribution is -2.34. The number of nitriles is 1. The summed E-state index contributed by atoms with van der Waals surface area (Å²) >= 11 is 5.91. The summed E-state index contributed by atoms with van der Waals surface area (Å²) < 4.78 is 2.14. The third-order valence-corrected chi connectivity index (χ3v) is 3.40. The molecule has 90 valence electrons. The summed E-state index contributed by atoms with van der Waals surface area (Å²) in [6, 6.07) is 7.63. The van der Waals surface area contributed by atoms with Gasteiger partial charge >= 0.3 is 0 Å². The van der Waals surface area contributed by atoms with E-state index in [1.807, 2.05) is 24.5 Å². The van der Waals surface area contributed by atoms with E-state index in [2.05, 4.69) is 20.5 Å². The Morgan fingerprint density at radius 3 is 3.06 bits per heavy atom. The molecule has 0 radical (unpaired) electrons. The van der Waals surface area contributed by atoms with Crippen LogP contribution in [0, 0.1) is 11.3 Å². The third-order valence-electron chi connectivity index (χ3n) is 3.16. The number of fused-ring (bicyclic) bond motifs is 1. The summed E-state index contributed by atoms with van der Waals surface area (Å²) in [5.74, 6) is 1.03. The smallest absolute Gasteiger partial charge is 0.128 e. The van der Waals surface area contributed by atoms with Crippen LogP contribution in [0.15, 0.2) is 30.6 Å². The standard InChI is InChI=1S/C13H11ClN4/c14-11-1-2-12(10(7-11)8-15)18-6-5-17-4-3-16-13(17)9-18/h1-4,7H,5-6,9H2. The summed E-state index contributed by atoms with van der Waals surface area (Å²) in [6.07, 6.45) is 3.80. The van der Waals surface area contributed by atoms with E-state index < -0.39 is 0 Å². The molecule has 0 amide bonds. The van der Waals surface area contributed by atoms with Crippen molar-refractivity contribution >= 4 is 17.3 Å². The summed E-state index contributed by atoms with van der Waals surface area (Å²) in [6.45, 7) is 2.49. The number of imidazole rings is 1. The van der Waals surface area contributed by atoms with Crippen molar-refractivity contribution in [3.05, 3.63) is 47.0 Å². The second-order valence-corrected chi connectivity index (χ2v) is 4.67. The zero-order valence-corrected chi connectivity index (χ0v) is 10.4. The van der Waals surface area contributed by atoms with Crippen molar-refractivity contribution in [2.24, 2.45) is 0 Å². The van der Waals surface area contributed by atoms with E-state index in [4.69, 9.17) is 11.6 Å². The number of halogens is 1. The highest BCUT2D eigenvalue weighted by atomic mass is 35.5. The molecule has 1 aromatic heterocycles. The van der Waals surface area contributed by atoms with E-state index in [1.54, 1.807) is 6.07 Å². The van der Waals surface area contributed by atoms with Gasteiger partial charge in [-0.05, 0) is 18.2 Å². The van der Waals surface area contributed by atoms with Gasteiger partial charge < -0.3 is 9.47 Å². The van der Waals surface area contributed by atoms with Gasteiger partial charge in [0.2, 0.25) is 0 Å². The first-order valence-electron chi connectivity index (χ1n) is 5.72. The molecule has 0 unspecified atom stereocenters. The molecule has 0 bridgehead atoms. The van der Waals surface area contributed by atoms with Crippen LogP contribution in [0.5, 0.6) is 0 Å². The van der Waals surface area contributed by atoms with Crippen LogP contribution in [0.4, 0.5) is 5.69 Å². The number of hydrogen-bond donors (Lipinski definition) is 0. The van der Waals surface area contributed by atoms with Crippen LogP contribution < -0.4 is 4.90 Å². The van der Waals surface area contributed by atoms with Gasteiger partial charge in [-0.25, -0.2) is 4.98 Å². The molecule has 5 heteroatoms. The number of anilines is 1. The monoisotopic (exact) mass is 258 g/mol. The quantitative estimate of drug-likeness (QED) is 0.789. The van der Waals surface area contributed by atoms with Crippen LogP contribution >= 0.6 is 11.6 Å². The molecule has 2 aromatic rings. The van der Waals surface area contributed by atoms with E-state index in [9.17, 15) is 5.26 Å². The molecule has 0 saturated carbocycles. The van der Waals surface area contributed by atoms with Crippen molar-refractivity contribution in [3.8, 4) is 6.07 Å². The molecule has 0 spiro atoms. The van der Waals surface area contributed by atoms with Crippen LogP contribution in [-0.4, -0.2) is 16.1 Å². The Morgan fingerprint density at radius 2 is 2.22 bits per heavy atom. The Bertz CT molecular complexity index is 626. The Labute approximate surface area is 110 Å². The molecule has 1 aromatic carbocycles. The fourth-order valence-corrected chi connectivity index (χ4v) is 2.42. The Morgan fingerprint density at radius 1 is 1.33 bits per heavy atom. The number of aromatic nitrogens is 2. The van der Waals surface area contributed by atoms with Crippen molar-refractivity contribution in [3.63, 3.8) is 0 Å². The maximum atomic E-state index is 9.17. The number of benzene rings is 1. The maximum Gasteiger partial charge on any atom is 0.128 e. The van der Waals surface area contributed by atoms with Gasteiger partial charge in [0.05, 0.1) is 17.8 Å². The molecule has 3 rings (SSSR count). The Hall–Kier alpha value is -1.99. The van der Waals surface area contributed by atoms with E-state index >= 15 is 0 Å². The molecule has 0 saturated heterocycles. The molecule has 1 aliphatic rings. The minimum Gasteiger partial charge on any atom is -0.361 e. The van der Waals surface area contributed by atoms with Crippen molar-refractivity contribution in [1.29, 1.82) is 5.26 Å². The second kappa shape index (κ2) is 4.35. The topological polar surface area (TPSA) is 44.9 Å². The predicted molar refractivity (Wildman–Crippen MR) is 69.4 cm³/mol. The SMILES string of the molecule is N#Cc1cc(Cl)ccc1N1CCn2ccnc2C1. The van der Waals surface area contributed by atoms with Gasteiger partial charge in [-0.3, -0.25) is 0 Å². The highest BCUT2D eigenvalue weighted by Crippen LogP contribution is 2.26. The van der Waals surface area contributed by atoms with E-state index in [0.29, 0.717) is 10.6 Å². The van der Waals surface area contributed by atoms with Gasteiger partial charge in [0.1, 0.15) is 11.9 Å². The van der Waals surface area contributed by atoms with E-state index in [0.717, 1.165) is 31.1 Å². The maximum absolute atomic E-state index is 9.17. The second-order valence-electron chi connectivity index (χ2n) is 4.23. The van der Waals surface area contributed by atoms with E-state index in [1.165, 1.54) is 0 Å². The van der Waals surface area contributed by atoms with Crippen LogP contribution in [0.2, 0.25) is 5.02 Å². The number of hydrogen-bond acceptors (Lipinski definition) is 3. The van der Waals surface area contributed by atoms with Crippen LogP contribution in [-0.2, 0) is 13.1 Å². The molecule has 0 atom stereocenters. The van der Waals surface area contributed by atoms with Gasteiger partial charge in [0.25, 0.3) is 0 Å². The van der Waals surface area contributed by atoms with Crippen LogP contribution in [0.3, 0.4) is 0 Å². The first-order valence-corrected chi connectivity index (χ1v) is 6.10. The largest absolute Gasteiger partial charge is 0.361 e. The molecule has 4 nitrogen and oxygen atoms in total. The zero-order chi connectivity index (χ0) is 12.5. The summed E-state index contributed by atoms with van der Waals surface area (Å²) in [5, 5.41) is 9.76. The normalized spacial score (nSPS) is 14.1. The number of nitrogens with zero attached hydrogens (tertiary/aromatic N) is 4. The summed E-state index contributed by atoms with van der Waals surface area (Å²) in [7, 11) is 0. The third kappa shape index (κ3) is 1.83. The molecular weight excluding hydrogens is 248 g/mol. The number of rotatable bonds is 1. The molecule has 0 aliphatic carbocycles. The molecule has 18 heavy (non-hydrogen) atoms. The molecule has 0 N–H and O–H groups in total. The fourth-order valence-electron chi connectivity index (χ4n) is 2.25. The zero-order valence-electron chi connectivity index (χ0n) is 9.67. The predicted octanol–water partition coefficient (Wildman–Crippen LogP) is 2.43. The highest BCUT2D eigenvalue weighted by Gasteiger charge is 2.19. The van der Waals surface area contributed by atoms with Crippen molar-refractivity contribution in [1.82, 2.24) is 9.55 Å². The molecule has 2 heterocycles. The first kappa shape index (κ1) is 11.1. The Kier molecular flexibility index (Phi) is 2.69. The van der Waals surface area contributed by atoms with Gasteiger partial charge in [0.15, 0.2) is 0 Å². The van der Waals surface area contributed by atoms with Crippen molar-refractivity contribution < 1.29 is 0 Å². The Balaban J connectivity index is 1.96. The van der Waals surface area contributed by atoms with Gasteiger partial charge in [-0.1, -0.05) is 11.6 Å². The summed E-state index contributed by atoms with van der Waals surface area (Å²) in [5.41, 5.74) is 1.54. The lowest BCUT2D eigenvalue weighted by molar-refractivity contribution is 0.560. The average molecular weight is 259 g/mol. The summed E-state index contributed by atoms with van der Waals surface area (Å²) in [4.78, 5) is 6.48. The van der Waals surface area contributed by atoms with Gasteiger partial charge in [-0.15, -0.1) is 0 Å². The minimum absolute atomic E-state index is 0.591. The van der Waals surface area contributed by atoms with Gasteiger partial charge in [-0.2, -0.15) is 5.26 Å². The van der Waals surface area contributed by atoms with Crippen molar-refractivity contribution in [2.45, 2.75) is 13.1 Å². The van der Waals surface area contributed by atoms with Crippen LogP contribution in [0.1, 0.15) is 11.4 Å². The molecule has 1 aliphatic heterocycles. The lowest BCUT2D eigenvalue weighted by Gasteiger charge is -2.30. The molecule has 0 fully saturated rings. The lowest BCUT2D eigenvalue weighted by atomic mass is 10.1.